The molecule has 8 heteroatoms. The first-order chi connectivity index (χ1) is 12.5. The Kier molecular flexibility index (Phi) is 5.76. The largest absolute Gasteiger partial charge is 0.454 e. The normalized spacial score (nSPS) is 10.7. The summed E-state index contributed by atoms with van der Waals surface area (Å²) in [5.41, 5.74) is 1.61. The Balaban J connectivity index is 1.70. The number of hydrogen-bond donors (Lipinski definition) is 0. The highest BCUT2D eigenvalue weighted by molar-refractivity contribution is 7.18. The van der Waals surface area contributed by atoms with E-state index >= 15 is 0 Å². The maximum absolute atomic E-state index is 12.4. The van der Waals surface area contributed by atoms with Gasteiger partial charge in [-0.15, -0.1) is 11.3 Å². The first-order valence-corrected chi connectivity index (χ1v) is 9.25. The van der Waals surface area contributed by atoms with Gasteiger partial charge in [0, 0.05) is 0 Å². The van der Waals surface area contributed by atoms with Crippen molar-refractivity contribution in [2.24, 2.45) is 0 Å². The Labute approximate surface area is 164 Å². The molecule has 0 fully saturated rings. The van der Waals surface area contributed by atoms with Crippen LogP contribution in [0.25, 0.3) is 0 Å². The number of aromatic nitrogens is 2. The Bertz CT molecular complexity index is 951. The van der Waals surface area contributed by atoms with Crippen molar-refractivity contribution in [3.63, 3.8) is 0 Å². The fraction of sp³-hybridized carbons (Fsp3) is 0.167. The number of rotatable bonds is 6. The monoisotopic (exact) mass is 408 g/mol. The zero-order valence-electron chi connectivity index (χ0n) is 13.7. The van der Waals surface area contributed by atoms with Crippen molar-refractivity contribution in [3.8, 4) is 0 Å². The second-order valence-corrected chi connectivity index (χ2v) is 7.57. The van der Waals surface area contributed by atoms with E-state index in [0.717, 1.165) is 16.9 Å². The highest BCUT2D eigenvalue weighted by atomic mass is 35.5. The molecule has 134 valence electrons. The van der Waals surface area contributed by atoms with Crippen LogP contribution in [0.2, 0.25) is 9.49 Å². The third kappa shape index (κ3) is 4.15. The lowest BCUT2D eigenvalue weighted by molar-refractivity contribution is 0.0475. The fourth-order valence-electron chi connectivity index (χ4n) is 2.38. The molecule has 0 aliphatic heterocycles. The predicted molar refractivity (Wildman–Crippen MR) is 101 cm³/mol. The maximum Gasteiger partial charge on any atom is 0.343 e. The number of nitrogens with zero attached hydrogens (tertiary/aromatic N) is 2. The number of ketones is 1. The van der Waals surface area contributed by atoms with Crippen LogP contribution in [0.4, 0.5) is 0 Å². The van der Waals surface area contributed by atoms with Gasteiger partial charge in [-0.25, -0.2) is 9.48 Å². The molecule has 1 aromatic carbocycles. The summed E-state index contributed by atoms with van der Waals surface area (Å²) in [7, 11) is 0. The summed E-state index contributed by atoms with van der Waals surface area (Å²) in [5.74, 6) is -0.997. The lowest BCUT2D eigenvalue weighted by Crippen LogP contribution is -2.14. The molecule has 0 aliphatic carbocycles. The van der Waals surface area contributed by atoms with Crippen LogP contribution in [0.3, 0.4) is 0 Å². The number of carbonyl (C=O) groups excluding carboxylic acids is 2. The van der Waals surface area contributed by atoms with Gasteiger partial charge >= 0.3 is 5.97 Å². The SMILES string of the molecule is Cc1nn(Cc2ccccc2)c(Cl)c1C(=O)OCC(=O)c1ccc(Cl)s1. The molecule has 0 unspecified atom stereocenters. The quantitative estimate of drug-likeness (QED) is 0.439. The number of hydrogen-bond acceptors (Lipinski definition) is 5. The maximum atomic E-state index is 12.4. The zero-order chi connectivity index (χ0) is 18.7. The fourth-order valence-corrected chi connectivity index (χ4v) is 3.66. The number of Topliss-reactive ketones (excluding diaryl/α,β-unsaturated/α-hetero) is 1. The van der Waals surface area contributed by atoms with E-state index in [1.165, 1.54) is 4.68 Å². The lowest BCUT2D eigenvalue weighted by Gasteiger charge is -2.05. The first-order valence-electron chi connectivity index (χ1n) is 7.68. The molecular weight excluding hydrogens is 395 g/mol. The van der Waals surface area contributed by atoms with Gasteiger partial charge < -0.3 is 4.74 Å². The number of thiophene rings is 1. The summed E-state index contributed by atoms with van der Waals surface area (Å²) in [6.07, 6.45) is 0. The lowest BCUT2D eigenvalue weighted by atomic mass is 10.2. The number of ether oxygens (including phenoxy) is 1. The second kappa shape index (κ2) is 8.03. The minimum absolute atomic E-state index is 0.166. The van der Waals surface area contributed by atoms with Crippen LogP contribution in [-0.2, 0) is 11.3 Å². The minimum Gasteiger partial charge on any atom is -0.454 e. The van der Waals surface area contributed by atoms with Crippen LogP contribution in [-0.4, -0.2) is 28.1 Å². The number of carbonyl (C=O) groups is 2. The van der Waals surface area contributed by atoms with Crippen molar-refractivity contribution >= 4 is 46.3 Å². The van der Waals surface area contributed by atoms with Crippen molar-refractivity contribution in [1.82, 2.24) is 9.78 Å². The Morgan fingerprint density at radius 3 is 2.54 bits per heavy atom. The third-order valence-corrected chi connectivity index (χ3v) is 5.28. The Morgan fingerprint density at radius 1 is 1.15 bits per heavy atom. The number of benzene rings is 1. The molecule has 0 aliphatic rings. The van der Waals surface area contributed by atoms with E-state index in [1.54, 1.807) is 19.1 Å². The topological polar surface area (TPSA) is 61.2 Å². The van der Waals surface area contributed by atoms with E-state index in [0.29, 0.717) is 21.5 Å². The summed E-state index contributed by atoms with van der Waals surface area (Å²) in [6, 6.07) is 12.8. The van der Waals surface area contributed by atoms with Gasteiger partial charge in [0.05, 0.1) is 21.5 Å². The highest BCUT2D eigenvalue weighted by Crippen LogP contribution is 2.24. The van der Waals surface area contributed by atoms with Crippen molar-refractivity contribution in [3.05, 3.63) is 73.7 Å². The van der Waals surface area contributed by atoms with Gasteiger partial charge in [-0.1, -0.05) is 53.5 Å². The van der Waals surface area contributed by atoms with E-state index < -0.39 is 5.97 Å². The van der Waals surface area contributed by atoms with Crippen LogP contribution < -0.4 is 0 Å². The molecule has 0 N–H and O–H groups in total. The molecule has 0 amide bonds. The van der Waals surface area contributed by atoms with Crippen molar-refractivity contribution in [1.29, 1.82) is 0 Å². The summed E-state index contributed by atoms with van der Waals surface area (Å²) < 4.78 is 7.15. The minimum atomic E-state index is -0.678. The predicted octanol–water partition coefficient (Wildman–Crippen LogP) is 4.65. The van der Waals surface area contributed by atoms with Gasteiger partial charge in [-0.3, -0.25) is 4.79 Å². The molecule has 0 saturated carbocycles. The molecular formula is C18H14Cl2N2O3S. The second-order valence-electron chi connectivity index (χ2n) is 5.50. The van der Waals surface area contributed by atoms with Gasteiger partial charge in [0.25, 0.3) is 0 Å². The molecule has 2 aromatic heterocycles. The summed E-state index contributed by atoms with van der Waals surface area (Å²) in [4.78, 5) is 24.8. The van der Waals surface area contributed by atoms with Gasteiger partial charge in [0.15, 0.2) is 6.61 Å². The van der Waals surface area contributed by atoms with Gasteiger partial charge in [-0.2, -0.15) is 5.10 Å². The summed E-state index contributed by atoms with van der Waals surface area (Å²) >= 11 is 13.3. The van der Waals surface area contributed by atoms with E-state index in [9.17, 15) is 9.59 Å². The van der Waals surface area contributed by atoms with Crippen LogP contribution >= 0.6 is 34.5 Å². The number of esters is 1. The van der Waals surface area contributed by atoms with Gasteiger partial charge in [0.2, 0.25) is 5.78 Å². The zero-order valence-corrected chi connectivity index (χ0v) is 16.1. The third-order valence-electron chi connectivity index (χ3n) is 3.63. The van der Waals surface area contributed by atoms with Crippen LogP contribution in [0, 0.1) is 6.92 Å². The molecule has 3 rings (SSSR count). The van der Waals surface area contributed by atoms with Crippen molar-refractivity contribution in [2.45, 2.75) is 13.5 Å². The van der Waals surface area contributed by atoms with Crippen molar-refractivity contribution < 1.29 is 14.3 Å². The molecule has 0 spiro atoms. The van der Waals surface area contributed by atoms with E-state index in [1.807, 2.05) is 30.3 Å². The number of aryl methyl sites for hydroxylation is 1. The van der Waals surface area contributed by atoms with E-state index in [-0.39, 0.29) is 23.1 Å². The van der Waals surface area contributed by atoms with E-state index in [4.69, 9.17) is 27.9 Å². The van der Waals surface area contributed by atoms with Gasteiger partial charge in [0.1, 0.15) is 10.7 Å². The molecule has 0 radical (unpaired) electrons. The summed E-state index contributed by atoms with van der Waals surface area (Å²) in [6.45, 7) is 1.72. The van der Waals surface area contributed by atoms with Crippen molar-refractivity contribution in [2.75, 3.05) is 6.61 Å². The van der Waals surface area contributed by atoms with Gasteiger partial charge in [-0.05, 0) is 24.6 Å². The Hall–Kier alpha value is -2.15. The molecule has 3 aromatic rings. The molecule has 0 saturated heterocycles. The summed E-state index contributed by atoms with van der Waals surface area (Å²) in [5, 5.41) is 4.48. The average Bonchev–Trinajstić information content (AvgIpc) is 3.17. The van der Waals surface area contributed by atoms with E-state index in [2.05, 4.69) is 5.10 Å². The standard InChI is InChI=1S/C18H14Cl2N2O3S/c1-11-16(17(20)22(21-11)9-12-5-3-2-4-6-12)18(24)25-10-13(23)14-7-8-15(19)26-14/h2-8H,9-10H2,1H3. The smallest absolute Gasteiger partial charge is 0.343 e. The molecule has 0 bridgehead atoms. The molecule has 0 atom stereocenters. The Morgan fingerprint density at radius 2 is 1.88 bits per heavy atom. The van der Waals surface area contributed by atoms with Crippen LogP contribution in [0.1, 0.15) is 31.3 Å². The molecule has 26 heavy (non-hydrogen) atoms. The number of halogens is 2. The average molecular weight is 409 g/mol. The highest BCUT2D eigenvalue weighted by Gasteiger charge is 2.23. The first kappa shape index (κ1) is 18.6. The molecule has 5 nitrogen and oxygen atoms in total. The molecule has 2 heterocycles. The van der Waals surface area contributed by atoms with Crippen LogP contribution in [0.15, 0.2) is 42.5 Å². The van der Waals surface area contributed by atoms with Crippen LogP contribution in [0.5, 0.6) is 0 Å².